The van der Waals surface area contributed by atoms with Crippen LogP contribution in [0, 0.1) is 0 Å². The molecule has 0 aliphatic carbocycles. The standard InChI is InChI=1S/C19H18BrN3O2S/c1-12(2)23-11-13(20)9-16(23)18(24)21-14-5-3-6-15(10-14)22-19(25)17-7-4-8-26-17/h3-12H,1-2H3,(H,21,24)(H,22,25). The van der Waals surface area contributed by atoms with Gasteiger partial charge in [-0.1, -0.05) is 12.1 Å². The van der Waals surface area contributed by atoms with Crippen LogP contribution < -0.4 is 10.6 Å². The van der Waals surface area contributed by atoms with Gasteiger partial charge >= 0.3 is 0 Å². The highest BCUT2D eigenvalue weighted by Gasteiger charge is 2.15. The van der Waals surface area contributed by atoms with Crippen molar-refractivity contribution in [1.29, 1.82) is 0 Å². The first-order valence-electron chi connectivity index (χ1n) is 8.07. The second kappa shape index (κ2) is 7.88. The van der Waals surface area contributed by atoms with E-state index in [0.717, 1.165) is 4.47 Å². The molecule has 7 heteroatoms. The highest BCUT2D eigenvalue weighted by atomic mass is 79.9. The molecule has 0 atom stereocenters. The highest BCUT2D eigenvalue weighted by molar-refractivity contribution is 9.10. The van der Waals surface area contributed by atoms with Crippen LogP contribution in [0.2, 0.25) is 0 Å². The number of nitrogens with one attached hydrogen (secondary N) is 2. The summed E-state index contributed by atoms with van der Waals surface area (Å²) in [7, 11) is 0. The number of hydrogen-bond acceptors (Lipinski definition) is 3. The zero-order chi connectivity index (χ0) is 18.7. The van der Waals surface area contributed by atoms with Gasteiger partial charge < -0.3 is 15.2 Å². The number of rotatable bonds is 5. The monoisotopic (exact) mass is 431 g/mol. The van der Waals surface area contributed by atoms with E-state index in [1.54, 1.807) is 36.4 Å². The summed E-state index contributed by atoms with van der Waals surface area (Å²) in [4.78, 5) is 25.4. The van der Waals surface area contributed by atoms with Crippen LogP contribution >= 0.6 is 27.3 Å². The largest absolute Gasteiger partial charge is 0.340 e. The lowest BCUT2D eigenvalue weighted by molar-refractivity contribution is 0.101. The topological polar surface area (TPSA) is 63.1 Å². The minimum absolute atomic E-state index is 0.165. The van der Waals surface area contributed by atoms with Crippen molar-refractivity contribution in [3.05, 3.63) is 69.1 Å². The third-order valence-electron chi connectivity index (χ3n) is 3.73. The molecular weight excluding hydrogens is 414 g/mol. The Labute approximate surface area is 164 Å². The summed E-state index contributed by atoms with van der Waals surface area (Å²) in [5.41, 5.74) is 1.81. The van der Waals surface area contributed by atoms with Crippen LogP contribution in [0.5, 0.6) is 0 Å². The summed E-state index contributed by atoms with van der Waals surface area (Å²) in [5.74, 6) is -0.368. The summed E-state index contributed by atoms with van der Waals surface area (Å²) >= 11 is 4.80. The molecule has 3 rings (SSSR count). The Morgan fingerprint density at radius 3 is 2.35 bits per heavy atom. The second-order valence-electron chi connectivity index (χ2n) is 6.01. The van der Waals surface area contributed by atoms with E-state index in [1.165, 1.54) is 11.3 Å². The van der Waals surface area contributed by atoms with Gasteiger partial charge in [-0.2, -0.15) is 0 Å². The van der Waals surface area contributed by atoms with Crippen LogP contribution in [0.1, 0.15) is 40.0 Å². The van der Waals surface area contributed by atoms with Gasteiger partial charge in [-0.3, -0.25) is 9.59 Å². The molecule has 0 aliphatic rings. The smallest absolute Gasteiger partial charge is 0.272 e. The van der Waals surface area contributed by atoms with Crippen molar-refractivity contribution >= 4 is 50.5 Å². The van der Waals surface area contributed by atoms with Crippen molar-refractivity contribution in [2.24, 2.45) is 0 Å². The quantitative estimate of drug-likeness (QED) is 0.567. The predicted octanol–water partition coefficient (Wildman–Crippen LogP) is 5.40. The third-order valence-corrected chi connectivity index (χ3v) is 5.03. The number of nitrogens with zero attached hydrogens (tertiary/aromatic N) is 1. The van der Waals surface area contributed by atoms with Gasteiger partial charge in [0.05, 0.1) is 4.88 Å². The Kier molecular flexibility index (Phi) is 5.58. The number of halogens is 1. The van der Waals surface area contributed by atoms with E-state index in [9.17, 15) is 9.59 Å². The minimum atomic E-state index is -0.203. The van der Waals surface area contributed by atoms with Crippen LogP contribution in [-0.4, -0.2) is 16.4 Å². The number of aromatic nitrogens is 1. The molecule has 0 aliphatic heterocycles. The molecule has 0 spiro atoms. The summed E-state index contributed by atoms with van der Waals surface area (Å²) < 4.78 is 2.76. The molecule has 26 heavy (non-hydrogen) atoms. The molecular formula is C19H18BrN3O2S. The van der Waals surface area contributed by atoms with Gasteiger partial charge in [-0.25, -0.2) is 0 Å². The maximum absolute atomic E-state index is 12.6. The van der Waals surface area contributed by atoms with E-state index in [-0.39, 0.29) is 17.9 Å². The van der Waals surface area contributed by atoms with Crippen LogP contribution in [0.4, 0.5) is 11.4 Å². The zero-order valence-corrected chi connectivity index (χ0v) is 16.7. The summed E-state index contributed by atoms with van der Waals surface area (Å²) in [6, 6.07) is 12.7. The normalized spacial score (nSPS) is 10.8. The molecule has 134 valence electrons. The van der Waals surface area contributed by atoms with E-state index in [1.807, 2.05) is 36.1 Å². The fraction of sp³-hybridized carbons (Fsp3) is 0.158. The number of anilines is 2. The lowest BCUT2D eigenvalue weighted by Gasteiger charge is -2.13. The number of carbonyl (C=O) groups is 2. The third kappa shape index (κ3) is 4.23. The number of thiophene rings is 1. The van der Waals surface area contributed by atoms with Gasteiger partial charge in [-0.15, -0.1) is 11.3 Å². The maximum atomic E-state index is 12.6. The van der Waals surface area contributed by atoms with Crippen molar-refractivity contribution < 1.29 is 9.59 Å². The summed E-state index contributed by atoms with van der Waals surface area (Å²) in [5, 5.41) is 7.58. The van der Waals surface area contributed by atoms with Crippen molar-refractivity contribution in [2.45, 2.75) is 19.9 Å². The van der Waals surface area contributed by atoms with Crippen LogP contribution in [0.25, 0.3) is 0 Å². The number of carbonyl (C=O) groups excluding carboxylic acids is 2. The minimum Gasteiger partial charge on any atom is -0.340 e. The molecule has 0 saturated heterocycles. The van der Waals surface area contributed by atoms with Gasteiger partial charge in [-0.05, 0) is 65.5 Å². The van der Waals surface area contributed by atoms with Crippen molar-refractivity contribution in [2.75, 3.05) is 10.6 Å². The fourth-order valence-corrected chi connectivity index (χ4v) is 3.58. The average molecular weight is 432 g/mol. The molecule has 0 fully saturated rings. The first-order valence-corrected chi connectivity index (χ1v) is 9.75. The number of benzene rings is 1. The Balaban J connectivity index is 1.74. The Bertz CT molecular complexity index is 932. The van der Waals surface area contributed by atoms with Gasteiger partial charge in [0.25, 0.3) is 11.8 Å². The molecule has 2 N–H and O–H groups in total. The molecule has 0 radical (unpaired) electrons. The highest BCUT2D eigenvalue weighted by Crippen LogP contribution is 2.22. The van der Waals surface area contributed by atoms with Gasteiger partial charge in [0.2, 0.25) is 0 Å². The van der Waals surface area contributed by atoms with E-state index in [2.05, 4.69) is 26.6 Å². The molecule has 5 nitrogen and oxygen atoms in total. The zero-order valence-electron chi connectivity index (χ0n) is 14.3. The first kappa shape index (κ1) is 18.4. The maximum Gasteiger partial charge on any atom is 0.272 e. The summed E-state index contributed by atoms with van der Waals surface area (Å²) in [6.45, 7) is 4.04. The lowest BCUT2D eigenvalue weighted by Crippen LogP contribution is -2.18. The molecule has 0 saturated carbocycles. The summed E-state index contributed by atoms with van der Waals surface area (Å²) in [6.07, 6.45) is 1.89. The number of hydrogen-bond donors (Lipinski definition) is 2. The van der Waals surface area contributed by atoms with E-state index < -0.39 is 0 Å². The molecule has 2 amide bonds. The van der Waals surface area contributed by atoms with Crippen LogP contribution in [0.15, 0.2) is 58.5 Å². The lowest BCUT2D eigenvalue weighted by atomic mass is 10.2. The van der Waals surface area contributed by atoms with E-state index in [0.29, 0.717) is 21.9 Å². The molecule has 2 heterocycles. The van der Waals surface area contributed by atoms with Crippen LogP contribution in [0.3, 0.4) is 0 Å². The molecule has 2 aromatic heterocycles. The molecule has 3 aromatic rings. The van der Waals surface area contributed by atoms with E-state index in [4.69, 9.17) is 0 Å². The Morgan fingerprint density at radius 1 is 1.04 bits per heavy atom. The Morgan fingerprint density at radius 2 is 1.73 bits per heavy atom. The predicted molar refractivity (Wildman–Crippen MR) is 109 cm³/mol. The molecule has 1 aromatic carbocycles. The van der Waals surface area contributed by atoms with Gasteiger partial charge in [0, 0.05) is 28.1 Å². The fourth-order valence-electron chi connectivity index (χ4n) is 2.53. The van der Waals surface area contributed by atoms with Crippen molar-refractivity contribution in [3.63, 3.8) is 0 Å². The average Bonchev–Trinajstić information content (AvgIpc) is 3.24. The first-order chi connectivity index (χ1) is 12.4. The van der Waals surface area contributed by atoms with Crippen molar-refractivity contribution in [1.82, 2.24) is 4.57 Å². The number of amides is 2. The van der Waals surface area contributed by atoms with Gasteiger partial charge in [0.1, 0.15) is 5.69 Å². The van der Waals surface area contributed by atoms with Crippen LogP contribution in [-0.2, 0) is 0 Å². The van der Waals surface area contributed by atoms with Crippen molar-refractivity contribution in [3.8, 4) is 0 Å². The second-order valence-corrected chi connectivity index (χ2v) is 7.87. The molecule has 0 bridgehead atoms. The van der Waals surface area contributed by atoms with Gasteiger partial charge in [0.15, 0.2) is 0 Å². The Hall–Kier alpha value is -2.38. The molecule has 0 unspecified atom stereocenters. The van der Waals surface area contributed by atoms with E-state index >= 15 is 0 Å². The SMILES string of the molecule is CC(C)n1cc(Br)cc1C(=O)Nc1cccc(NC(=O)c2cccs2)c1.